The Morgan fingerprint density at radius 1 is 1.00 bits per heavy atom. The average molecular weight is 503 g/mol. The van der Waals surface area contributed by atoms with Gasteiger partial charge >= 0.3 is 5.97 Å². The topological polar surface area (TPSA) is 71.8 Å². The molecule has 1 saturated heterocycles. The second kappa shape index (κ2) is 9.71. The number of hydrogen-bond donors (Lipinski definition) is 1. The Morgan fingerprint density at radius 2 is 1.78 bits per heavy atom. The number of thiophene rings is 1. The van der Waals surface area contributed by atoms with E-state index in [1.807, 2.05) is 11.0 Å². The molecule has 0 spiro atoms. The van der Waals surface area contributed by atoms with Crippen LogP contribution in [0.5, 0.6) is 0 Å². The molecule has 2 fully saturated rings. The first-order chi connectivity index (χ1) is 17.6. The van der Waals surface area contributed by atoms with Crippen molar-refractivity contribution in [3.63, 3.8) is 0 Å². The summed E-state index contributed by atoms with van der Waals surface area (Å²) in [6, 6.07) is 16.0. The number of benzene rings is 2. The molecule has 1 aliphatic heterocycles. The van der Waals surface area contributed by atoms with Gasteiger partial charge in [-0.3, -0.25) is 4.79 Å². The van der Waals surface area contributed by atoms with Crippen molar-refractivity contribution in [1.29, 1.82) is 0 Å². The van der Waals surface area contributed by atoms with Gasteiger partial charge in [0.15, 0.2) is 0 Å². The van der Waals surface area contributed by atoms with E-state index in [9.17, 15) is 14.7 Å². The summed E-state index contributed by atoms with van der Waals surface area (Å²) in [7, 11) is 0. The molecule has 1 N–H and O–H groups in total. The van der Waals surface area contributed by atoms with E-state index < -0.39 is 5.97 Å². The van der Waals surface area contributed by atoms with Gasteiger partial charge in [-0.1, -0.05) is 43.5 Å². The van der Waals surface area contributed by atoms with Crippen LogP contribution in [0.15, 0.2) is 48.5 Å². The maximum absolute atomic E-state index is 13.5. The second-order valence-corrected chi connectivity index (χ2v) is 10.9. The molecule has 0 unspecified atom stereocenters. The lowest BCUT2D eigenvalue weighted by Crippen LogP contribution is -2.42. The zero-order valence-electron chi connectivity index (χ0n) is 20.2. The number of morpholine rings is 1. The summed E-state index contributed by atoms with van der Waals surface area (Å²) in [5, 5.41) is 12.0. The van der Waals surface area contributed by atoms with Crippen LogP contribution < -0.4 is 0 Å². The van der Waals surface area contributed by atoms with Crippen molar-refractivity contribution in [3.8, 4) is 10.6 Å². The molecule has 0 bridgehead atoms. The van der Waals surface area contributed by atoms with Gasteiger partial charge in [-0.2, -0.15) is 0 Å². The lowest BCUT2D eigenvalue weighted by molar-refractivity contribution is -0.135. The van der Waals surface area contributed by atoms with Crippen molar-refractivity contribution in [2.75, 3.05) is 26.3 Å². The average Bonchev–Trinajstić information content (AvgIpc) is 3.48. The zero-order valence-corrected chi connectivity index (χ0v) is 21.1. The van der Waals surface area contributed by atoms with Crippen LogP contribution in [0.4, 0.5) is 0 Å². The number of fused-ring (bicyclic) bond motifs is 2. The predicted molar refractivity (Wildman–Crippen MR) is 143 cm³/mol. The van der Waals surface area contributed by atoms with Crippen LogP contribution >= 0.6 is 11.3 Å². The molecule has 6 nitrogen and oxygen atoms in total. The van der Waals surface area contributed by atoms with E-state index >= 15 is 0 Å². The molecule has 7 heteroatoms. The van der Waals surface area contributed by atoms with E-state index in [0.29, 0.717) is 32.2 Å². The number of carboxylic acids is 1. The molecular formula is C29H30N2O4S. The number of carbonyl (C=O) groups excluding carboxylic acids is 1. The van der Waals surface area contributed by atoms with Crippen LogP contribution in [-0.4, -0.2) is 52.8 Å². The number of carboxylic acid groups (broad SMARTS) is 1. The smallest absolute Gasteiger partial charge is 0.335 e. The number of aromatic carboxylic acids is 1. The standard InChI is InChI=1S/C29H30N2O4S/c32-26(30-12-14-35-15-13-30)18-31-23-16-21(29(33)34)10-11-22(23)27(19-6-2-1-3-7-19)28(31)25-17-20-8-4-5-9-24(20)36-25/h4-5,8-11,16-17,19H,1-3,6-7,12-15,18H2,(H,33,34). The van der Waals surface area contributed by atoms with Crippen molar-refractivity contribution < 1.29 is 19.4 Å². The third-order valence-electron chi connectivity index (χ3n) is 7.68. The molecule has 1 saturated carbocycles. The third-order valence-corrected chi connectivity index (χ3v) is 8.80. The summed E-state index contributed by atoms with van der Waals surface area (Å²) in [5.41, 5.74) is 3.45. The minimum absolute atomic E-state index is 0.0495. The number of nitrogens with zero attached hydrogens (tertiary/aromatic N) is 2. The molecule has 2 aromatic carbocycles. The molecule has 4 aromatic rings. The van der Waals surface area contributed by atoms with Gasteiger partial charge in [0.05, 0.1) is 34.9 Å². The van der Waals surface area contributed by atoms with E-state index in [-0.39, 0.29) is 18.0 Å². The van der Waals surface area contributed by atoms with Crippen molar-refractivity contribution >= 4 is 44.2 Å². The van der Waals surface area contributed by atoms with Crippen LogP contribution in [0.2, 0.25) is 0 Å². The SMILES string of the molecule is O=C(O)c1ccc2c(C3CCCCC3)c(-c3cc4ccccc4s3)n(CC(=O)N3CCOCC3)c2c1. The zero-order chi connectivity index (χ0) is 24.6. The molecule has 36 heavy (non-hydrogen) atoms. The maximum Gasteiger partial charge on any atom is 0.335 e. The first kappa shape index (κ1) is 23.3. The summed E-state index contributed by atoms with van der Waals surface area (Å²) in [5.74, 6) is -0.503. The first-order valence-corrected chi connectivity index (χ1v) is 13.7. The Labute approximate surface area is 214 Å². The molecule has 1 aliphatic carbocycles. The number of hydrogen-bond acceptors (Lipinski definition) is 4. The predicted octanol–water partition coefficient (Wildman–Crippen LogP) is 6.13. The Bertz CT molecular complexity index is 1410. The largest absolute Gasteiger partial charge is 0.478 e. The van der Waals surface area contributed by atoms with Crippen molar-refractivity contribution in [2.24, 2.45) is 0 Å². The quantitative estimate of drug-likeness (QED) is 0.356. The van der Waals surface area contributed by atoms with E-state index in [4.69, 9.17) is 4.74 Å². The number of rotatable bonds is 5. The number of ether oxygens (including phenoxy) is 1. The summed E-state index contributed by atoms with van der Waals surface area (Å²) in [4.78, 5) is 28.4. The van der Waals surface area contributed by atoms with Gasteiger partial charge < -0.3 is 19.3 Å². The van der Waals surface area contributed by atoms with Crippen molar-refractivity contribution in [3.05, 3.63) is 59.7 Å². The highest BCUT2D eigenvalue weighted by Crippen LogP contribution is 2.46. The molecule has 3 heterocycles. The van der Waals surface area contributed by atoms with Crippen LogP contribution in [0.3, 0.4) is 0 Å². The van der Waals surface area contributed by atoms with Crippen LogP contribution in [-0.2, 0) is 16.1 Å². The van der Waals surface area contributed by atoms with Crippen LogP contribution in [0.25, 0.3) is 31.6 Å². The van der Waals surface area contributed by atoms with Gasteiger partial charge in [0.25, 0.3) is 0 Å². The monoisotopic (exact) mass is 502 g/mol. The Hall–Kier alpha value is -3.16. The van der Waals surface area contributed by atoms with E-state index in [2.05, 4.69) is 34.9 Å². The summed E-state index contributed by atoms with van der Waals surface area (Å²) < 4.78 is 8.78. The lowest BCUT2D eigenvalue weighted by Gasteiger charge is -2.27. The highest BCUT2D eigenvalue weighted by atomic mass is 32.1. The molecule has 2 aliphatic rings. The van der Waals surface area contributed by atoms with Gasteiger partial charge in [0.2, 0.25) is 5.91 Å². The Morgan fingerprint density at radius 3 is 2.53 bits per heavy atom. The minimum atomic E-state index is -0.952. The number of aromatic nitrogens is 1. The number of carbonyl (C=O) groups is 2. The van der Waals surface area contributed by atoms with Crippen molar-refractivity contribution in [2.45, 2.75) is 44.6 Å². The highest BCUT2D eigenvalue weighted by Gasteiger charge is 2.29. The van der Waals surface area contributed by atoms with Gasteiger partial charge in [-0.25, -0.2) is 4.79 Å². The van der Waals surface area contributed by atoms with E-state index in [1.165, 1.54) is 34.9 Å². The molecule has 1 amide bonds. The highest BCUT2D eigenvalue weighted by molar-refractivity contribution is 7.22. The Kier molecular flexibility index (Phi) is 6.27. The Balaban J connectivity index is 1.59. The lowest BCUT2D eigenvalue weighted by atomic mass is 9.82. The molecule has 0 atom stereocenters. The fourth-order valence-electron chi connectivity index (χ4n) is 5.89. The summed E-state index contributed by atoms with van der Waals surface area (Å²) in [6.45, 7) is 2.48. The maximum atomic E-state index is 13.5. The fourth-order valence-corrected chi connectivity index (χ4v) is 7.02. The molecular weight excluding hydrogens is 472 g/mol. The molecule has 6 rings (SSSR count). The van der Waals surface area contributed by atoms with Gasteiger partial charge in [-0.05, 0) is 54.0 Å². The van der Waals surface area contributed by atoms with Gasteiger partial charge in [0.1, 0.15) is 6.54 Å². The van der Waals surface area contributed by atoms with Crippen LogP contribution in [0.1, 0.15) is 53.9 Å². The molecule has 0 radical (unpaired) electrons. The third kappa shape index (κ3) is 4.20. The summed E-state index contributed by atoms with van der Waals surface area (Å²) in [6.07, 6.45) is 5.89. The normalized spacial score (nSPS) is 17.2. The van der Waals surface area contributed by atoms with Gasteiger partial charge in [0, 0.05) is 23.2 Å². The fraction of sp³-hybridized carbons (Fsp3) is 0.379. The second-order valence-electron chi connectivity index (χ2n) is 9.86. The minimum Gasteiger partial charge on any atom is -0.478 e. The molecule has 2 aromatic heterocycles. The van der Waals surface area contributed by atoms with Crippen molar-refractivity contribution in [1.82, 2.24) is 9.47 Å². The van der Waals surface area contributed by atoms with E-state index in [0.717, 1.165) is 34.3 Å². The molecule has 186 valence electrons. The first-order valence-electron chi connectivity index (χ1n) is 12.8. The van der Waals surface area contributed by atoms with Gasteiger partial charge in [-0.15, -0.1) is 11.3 Å². The van der Waals surface area contributed by atoms with E-state index in [1.54, 1.807) is 23.5 Å². The number of amides is 1. The summed E-state index contributed by atoms with van der Waals surface area (Å²) >= 11 is 1.75. The van der Waals surface area contributed by atoms with Crippen LogP contribution in [0, 0.1) is 0 Å².